The summed E-state index contributed by atoms with van der Waals surface area (Å²) in [5, 5.41) is 3.01. The first-order valence-electron chi connectivity index (χ1n) is 16.2. The number of amides is 2. The summed E-state index contributed by atoms with van der Waals surface area (Å²) in [6.07, 6.45) is 2.14. The van der Waals surface area contributed by atoms with Gasteiger partial charge >= 0.3 is 0 Å². The lowest BCUT2D eigenvalue weighted by Crippen LogP contribution is -2.53. The molecule has 0 aromatic heterocycles. The van der Waals surface area contributed by atoms with Crippen LogP contribution in [0.4, 0.5) is 5.69 Å². The largest absolute Gasteiger partial charge is 0.497 e. The number of hydrogen-bond donors (Lipinski definition) is 1. The summed E-state index contributed by atoms with van der Waals surface area (Å²) in [4.78, 5) is 31.1. The number of ether oxygens (including phenoxy) is 2. The molecule has 11 heteroatoms. The Bertz CT molecular complexity index is 1770. The molecule has 1 atom stereocenters. The molecule has 4 aromatic rings. The number of benzene rings is 4. The van der Waals surface area contributed by atoms with Crippen LogP contribution in [0.5, 0.6) is 11.5 Å². The van der Waals surface area contributed by atoms with Crippen molar-refractivity contribution >= 4 is 39.3 Å². The normalized spacial score (nSPS) is 11.9. The van der Waals surface area contributed by atoms with Crippen LogP contribution in [0.1, 0.15) is 31.9 Å². The molecule has 4 aromatic carbocycles. The maximum atomic E-state index is 14.7. The maximum Gasteiger partial charge on any atom is 0.264 e. The zero-order valence-electron chi connectivity index (χ0n) is 28.7. The van der Waals surface area contributed by atoms with Crippen molar-refractivity contribution in [1.29, 1.82) is 0 Å². The number of carbonyl (C=O) groups excluding carboxylic acids is 2. The van der Waals surface area contributed by atoms with Gasteiger partial charge in [0, 0.05) is 24.4 Å². The molecule has 49 heavy (non-hydrogen) atoms. The highest BCUT2D eigenvalue weighted by atomic mass is 32.2. The Morgan fingerprint density at radius 2 is 1.53 bits per heavy atom. The van der Waals surface area contributed by atoms with Gasteiger partial charge < -0.3 is 19.7 Å². The molecule has 0 saturated heterocycles. The van der Waals surface area contributed by atoms with Gasteiger partial charge in [-0.25, -0.2) is 8.42 Å². The molecule has 1 N–H and O–H groups in total. The number of nitrogens with one attached hydrogen (secondary N) is 1. The molecule has 2 amide bonds. The van der Waals surface area contributed by atoms with E-state index >= 15 is 0 Å². The van der Waals surface area contributed by atoms with Gasteiger partial charge in [-0.2, -0.15) is 0 Å². The molecule has 0 saturated carbocycles. The van der Waals surface area contributed by atoms with Crippen LogP contribution in [0, 0.1) is 5.92 Å². The van der Waals surface area contributed by atoms with E-state index in [4.69, 9.17) is 9.47 Å². The Morgan fingerprint density at radius 3 is 2.14 bits per heavy atom. The summed E-state index contributed by atoms with van der Waals surface area (Å²) in [5.74, 6) is 0.491. The van der Waals surface area contributed by atoms with Crippen LogP contribution in [0.15, 0.2) is 113 Å². The van der Waals surface area contributed by atoms with Gasteiger partial charge in [0.2, 0.25) is 11.8 Å². The summed E-state index contributed by atoms with van der Waals surface area (Å²) in [6.45, 7) is 6.22. The first-order chi connectivity index (χ1) is 23.5. The first kappa shape index (κ1) is 37.3. The van der Waals surface area contributed by atoms with Crippen molar-refractivity contribution in [3.63, 3.8) is 0 Å². The molecule has 0 aliphatic carbocycles. The molecule has 260 valence electrons. The van der Waals surface area contributed by atoms with E-state index < -0.39 is 28.5 Å². The number of anilines is 1. The minimum absolute atomic E-state index is 0.0434. The molecule has 0 fully saturated rings. The molecule has 9 nitrogen and oxygen atoms in total. The van der Waals surface area contributed by atoms with Gasteiger partial charge in [-0.05, 0) is 90.9 Å². The average Bonchev–Trinajstić information content (AvgIpc) is 3.12. The summed E-state index contributed by atoms with van der Waals surface area (Å²) >= 11 is 1.50. The molecule has 0 bridgehead atoms. The van der Waals surface area contributed by atoms with Gasteiger partial charge in [0.25, 0.3) is 10.0 Å². The Hall–Kier alpha value is -4.48. The Labute approximate surface area is 294 Å². The zero-order valence-corrected chi connectivity index (χ0v) is 30.3. The molecule has 0 radical (unpaired) electrons. The van der Waals surface area contributed by atoms with E-state index in [-0.39, 0.29) is 35.4 Å². The predicted octanol–water partition coefficient (Wildman–Crippen LogP) is 6.42. The van der Waals surface area contributed by atoms with E-state index in [0.717, 1.165) is 20.3 Å². The third-order valence-corrected chi connectivity index (χ3v) is 10.3. The summed E-state index contributed by atoms with van der Waals surface area (Å²) in [5.41, 5.74) is 1.88. The SMILES string of the molecule is CCOc1ccc(N(CC(=O)N(Cc2cccc(OC)c2)[C@H](Cc2ccccc2)C(=O)NCC(C)C)S(=O)(=O)c2ccc(SC)cc2)cc1. The fourth-order valence-corrected chi connectivity index (χ4v) is 7.05. The molecular weight excluding hydrogens is 659 g/mol. The second kappa shape index (κ2) is 17.8. The van der Waals surface area contributed by atoms with Gasteiger partial charge in [0.05, 0.1) is 24.3 Å². The highest BCUT2D eigenvalue weighted by molar-refractivity contribution is 7.98. The van der Waals surface area contributed by atoms with E-state index in [1.165, 1.54) is 16.7 Å². The quantitative estimate of drug-likeness (QED) is 0.127. The second-order valence-electron chi connectivity index (χ2n) is 11.8. The van der Waals surface area contributed by atoms with E-state index in [1.807, 2.05) is 69.5 Å². The molecule has 0 unspecified atom stereocenters. The van der Waals surface area contributed by atoms with Crippen LogP contribution >= 0.6 is 11.8 Å². The van der Waals surface area contributed by atoms with Gasteiger partial charge in [0.1, 0.15) is 24.1 Å². The topological polar surface area (TPSA) is 105 Å². The van der Waals surface area contributed by atoms with Gasteiger partial charge in [-0.3, -0.25) is 13.9 Å². The molecule has 0 spiro atoms. The minimum atomic E-state index is -4.23. The predicted molar refractivity (Wildman–Crippen MR) is 196 cm³/mol. The third-order valence-electron chi connectivity index (χ3n) is 7.80. The monoisotopic (exact) mass is 703 g/mol. The molecule has 0 aliphatic rings. The van der Waals surface area contributed by atoms with Crippen LogP contribution in [0.2, 0.25) is 0 Å². The van der Waals surface area contributed by atoms with E-state index in [0.29, 0.717) is 24.7 Å². The zero-order chi connectivity index (χ0) is 35.4. The highest BCUT2D eigenvalue weighted by Crippen LogP contribution is 2.28. The van der Waals surface area contributed by atoms with E-state index in [2.05, 4.69) is 5.32 Å². The van der Waals surface area contributed by atoms with Crippen molar-refractivity contribution in [3.05, 3.63) is 114 Å². The van der Waals surface area contributed by atoms with Crippen LogP contribution in [-0.2, 0) is 32.6 Å². The van der Waals surface area contributed by atoms with Crippen molar-refractivity contribution in [2.45, 2.75) is 49.6 Å². The standard InChI is InChI=1S/C38H45N3O6S2/c1-6-47-32-17-15-31(16-18-32)41(49(44,45)35-21-19-34(48-5)20-22-35)27-37(42)40(26-30-13-10-14-33(23-30)46-4)36(38(43)39-25-28(2)3)24-29-11-8-7-9-12-29/h7-23,28,36H,6,24-27H2,1-5H3,(H,39,43)/t36-/m1/s1. The Kier molecular flexibility index (Phi) is 13.6. The molecule has 0 aliphatic heterocycles. The minimum Gasteiger partial charge on any atom is -0.497 e. The van der Waals surface area contributed by atoms with Crippen LogP contribution < -0.4 is 19.1 Å². The summed E-state index contributed by atoms with van der Waals surface area (Å²) < 4.78 is 40.8. The summed E-state index contributed by atoms with van der Waals surface area (Å²) in [6, 6.07) is 29.0. The maximum absolute atomic E-state index is 14.7. The molecule has 0 heterocycles. The highest BCUT2D eigenvalue weighted by Gasteiger charge is 2.34. The average molecular weight is 704 g/mol. The number of methoxy groups -OCH3 is 1. The fraction of sp³-hybridized carbons (Fsp3) is 0.316. The van der Waals surface area contributed by atoms with Crippen LogP contribution in [0.3, 0.4) is 0 Å². The number of nitrogens with zero attached hydrogens (tertiary/aromatic N) is 2. The number of hydrogen-bond acceptors (Lipinski definition) is 7. The molecule has 4 rings (SSSR count). The fourth-order valence-electron chi connectivity index (χ4n) is 5.22. The second-order valence-corrected chi connectivity index (χ2v) is 14.6. The molecular formula is C38H45N3O6S2. The van der Waals surface area contributed by atoms with Crippen LogP contribution in [0.25, 0.3) is 0 Å². The smallest absolute Gasteiger partial charge is 0.264 e. The van der Waals surface area contributed by atoms with Crippen molar-refractivity contribution in [2.24, 2.45) is 5.92 Å². The van der Waals surface area contributed by atoms with Gasteiger partial charge in [-0.1, -0.05) is 56.3 Å². The number of rotatable bonds is 17. The van der Waals surface area contributed by atoms with E-state index in [9.17, 15) is 18.0 Å². The van der Waals surface area contributed by atoms with Crippen molar-refractivity contribution in [1.82, 2.24) is 10.2 Å². The van der Waals surface area contributed by atoms with Crippen molar-refractivity contribution in [2.75, 3.05) is 37.4 Å². The number of sulfonamides is 1. The Morgan fingerprint density at radius 1 is 0.857 bits per heavy atom. The van der Waals surface area contributed by atoms with Gasteiger partial charge in [0.15, 0.2) is 0 Å². The third kappa shape index (κ3) is 10.3. The lowest BCUT2D eigenvalue weighted by molar-refractivity contribution is -0.140. The van der Waals surface area contributed by atoms with Crippen molar-refractivity contribution < 1.29 is 27.5 Å². The summed E-state index contributed by atoms with van der Waals surface area (Å²) in [7, 11) is -2.67. The number of carbonyl (C=O) groups is 2. The number of thioether (sulfide) groups is 1. The lowest BCUT2D eigenvalue weighted by atomic mass is 10.0. The van der Waals surface area contributed by atoms with E-state index in [1.54, 1.807) is 67.8 Å². The van der Waals surface area contributed by atoms with Crippen LogP contribution in [-0.4, -0.2) is 64.2 Å². The van der Waals surface area contributed by atoms with Crippen molar-refractivity contribution in [3.8, 4) is 11.5 Å². The Balaban J connectivity index is 1.81. The lowest BCUT2D eigenvalue weighted by Gasteiger charge is -2.34. The van der Waals surface area contributed by atoms with Gasteiger partial charge in [-0.15, -0.1) is 11.8 Å². The first-order valence-corrected chi connectivity index (χ1v) is 18.9.